The molecule has 0 saturated carbocycles. The summed E-state index contributed by atoms with van der Waals surface area (Å²) in [5, 5.41) is 0. The number of carbonyl (C=O) groups excluding carboxylic acids is 2. The maximum atomic E-state index is 13.7. The van der Waals surface area contributed by atoms with Crippen molar-refractivity contribution in [1.82, 2.24) is 0 Å². The lowest BCUT2D eigenvalue weighted by Gasteiger charge is -2.19. The third-order valence-electron chi connectivity index (χ3n) is 4.21. The summed E-state index contributed by atoms with van der Waals surface area (Å²) in [6, 6.07) is 14.9. The number of ketones is 1. The first kappa shape index (κ1) is 17.1. The van der Waals surface area contributed by atoms with Gasteiger partial charge in [-0.25, -0.2) is 17.6 Å². The van der Waals surface area contributed by atoms with Gasteiger partial charge in [0.05, 0.1) is 15.4 Å². The molecule has 0 N–H and O–H groups in total. The molecule has 134 valence electrons. The van der Waals surface area contributed by atoms with Gasteiger partial charge in [0.15, 0.2) is 17.3 Å². The Kier molecular flexibility index (Phi) is 3.89. The minimum atomic E-state index is -3.97. The van der Waals surface area contributed by atoms with E-state index in [0.29, 0.717) is 0 Å². The highest BCUT2D eigenvalue weighted by Crippen LogP contribution is 2.35. The van der Waals surface area contributed by atoms with Crippen molar-refractivity contribution in [3.05, 3.63) is 89.2 Å². The Labute approximate surface area is 153 Å². The predicted octanol–water partition coefficient (Wildman–Crippen LogP) is 3.42. The fourth-order valence-corrected chi connectivity index (χ4v) is 4.57. The van der Waals surface area contributed by atoms with Crippen LogP contribution in [0.4, 0.5) is 4.39 Å². The van der Waals surface area contributed by atoms with Gasteiger partial charge in [0.1, 0.15) is 0 Å². The fourth-order valence-electron chi connectivity index (χ4n) is 2.90. The van der Waals surface area contributed by atoms with E-state index >= 15 is 0 Å². The van der Waals surface area contributed by atoms with Crippen LogP contribution in [0.3, 0.4) is 0 Å². The third kappa shape index (κ3) is 2.72. The van der Waals surface area contributed by atoms with E-state index in [1.165, 1.54) is 48.5 Å². The summed E-state index contributed by atoms with van der Waals surface area (Å²) in [4.78, 5) is 24.5. The zero-order valence-corrected chi connectivity index (χ0v) is 14.5. The maximum absolute atomic E-state index is 13.7. The highest BCUT2D eigenvalue weighted by Gasteiger charge is 2.35. The van der Waals surface area contributed by atoms with Crippen molar-refractivity contribution < 1.29 is 27.1 Å². The number of sulfone groups is 1. The monoisotopic (exact) mass is 382 g/mol. The topological polar surface area (TPSA) is 77.5 Å². The van der Waals surface area contributed by atoms with Gasteiger partial charge in [-0.05, 0) is 42.5 Å². The smallest absolute Gasteiger partial charge is 0.343 e. The number of carbonyl (C=O) groups is 2. The molecule has 0 unspecified atom stereocenters. The molecule has 0 aliphatic carbocycles. The maximum Gasteiger partial charge on any atom is 0.343 e. The predicted molar refractivity (Wildman–Crippen MR) is 93.1 cm³/mol. The second-order valence-corrected chi connectivity index (χ2v) is 7.75. The van der Waals surface area contributed by atoms with Gasteiger partial charge in [0.25, 0.3) is 0 Å². The lowest BCUT2D eigenvalue weighted by Crippen LogP contribution is -2.21. The van der Waals surface area contributed by atoms with Crippen molar-refractivity contribution in [1.29, 1.82) is 0 Å². The van der Waals surface area contributed by atoms with Crippen LogP contribution in [-0.4, -0.2) is 20.2 Å². The second-order valence-electron chi connectivity index (χ2n) is 5.86. The number of hydrogen-bond acceptors (Lipinski definition) is 5. The van der Waals surface area contributed by atoms with Crippen LogP contribution in [0.2, 0.25) is 0 Å². The highest BCUT2D eigenvalue weighted by atomic mass is 32.2. The quantitative estimate of drug-likeness (QED) is 0.392. The molecule has 0 atom stereocenters. The van der Waals surface area contributed by atoms with Crippen LogP contribution in [-0.2, 0) is 9.84 Å². The first-order chi connectivity index (χ1) is 12.9. The van der Waals surface area contributed by atoms with Gasteiger partial charge >= 0.3 is 5.97 Å². The molecule has 3 aromatic rings. The number of fused-ring (bicyclic) bond motifs is 2. The Morgan fingerprint density at radius 1 is 0.852 bits per heavy atom. The molecule has 3 aromatic carbocycles. The van der Waals surface area contributed by atoms with Crippen LogP contribution in [0.15, 0.2) is 76.5 Å². The Hall–Kier alpha value is -3.32. The Balaban J connectivity index is 1.78. The first-order valence-electron chi connectivity index (χ1n) is 7.89. The average molecular weight is 382 g/mol. The minimum Gasteiger partial charge on any atom is -0.420 e. The van der Waals surface area contributed by atoms with E-state index in [4.69, 9.17) is 4.74 Å². The molecule has 1 heterocycles. The summed E-state index contributed by atoms with van der Waals surface area (Å²) in [5.74, 6) is -2.36. The van der Waals surface area contributed by atoms with Gasteiger partial charge in [-0.1, -0.05) is 24.3 Å². The molecule has 1 aliphatic rings. The van der Waals surface area contributed by atoms with Crippen LogP contribution < -0.4 is 4.74 Å². The highest BCUT2D eigenvalue weighted by molar-refractivity contribution is 7.91. The molecule has 0 spiro atoms. The van der Waals surface area contributed by atoms with Crippen LogP contribution in [0, 0.1) is 5.82 Å². The number of para-hydroxylation sites is 1. The Morgan fingerprint density at radius 2 is 1.52 bits per heavy atom. The molecule has 5 nitrogen and oxygen atoms in total. The van der Waals surface area contributed by atoms with Crippen LogP contribution >= 0.6 is 0 Å². The summed E-state index contributed by atoms with van der Waals surface area (Å²) in [6.45, 7) is 0. The molecule has 0 radical (unpaired) electrons. The van der Waals surface area contributed by atoms with E-state index in [0.717, 1.165) is 12.1 Å². The largest absolute Gasteiger partial charge is 0.420 e. The molecule has 27 heavy (non-hydrogen) atoms. The summed E-state index contributed by atoms with van der Waals surface area (Å²) in [5.41, 5.74) is -0.0319. The normalized spacial score (nSPS) is 14.2. The molecule has 7 heteroatoms. The molecular weight excluding hydrogens is 371 g/mol. The van der Waals surface area contributed by atoms with E-state index < -0.39 is 27.4 Å². The van der Waals surface area contributed by atoms with Crippen molar-refractivity contribution in [2.45, 2.75) is 9.79 Å². The minimum absolute atomic E-state index is 0.0175. The van der Waals surface area contributed by atoms with Gasteiger partial charge in [-0.15, -0.1) is 0 Å². The average Bonchev–Trinajstić information content (AvgIpc) is 2.68. The van der Waals surface area contributed by atoms with Gasteiger partial charge in [0.2, 0.25) is 9.84 Å². The first-order valence-corrected chi connectivity index (χ1v) is 9.37. The lowest BCUT2D eigenvalue weighted by atomic mass is 10.0. The summed E-state index contributed by atoms with van der Waals surface area (Å²) in [7, 11) is -3.97. The molecule has 4 rings (SSSR count). The summed E-state index contributed by atoms with van der Waals surface area (Å²) < 4.78 is 44.4. The van der Waals surface area contributed by atoms with Gasteiger partial charge in [-0.3, -0.25) is 4.79 Å². The van der Waals surface area contributed by atoms with E-state index in [2.05, 4.69) is 0 Å². The standard InChI is InChI=1S/C20H11FO5S/c21-15-6-2-3-7-16(15)26-20(23)12-9-10-14-18(11-12)27(24,25)17-8-4-1-5-13(17)19(14)22/h1-11H. The Morgan fingerprint density at radius 3 is 2.30 bits per heavy atom. The van der Waals surface area contributed by atoms with E-state index in [1.807, 2.05) is 0 Å². The van der Waals surface area contributed by atoms with Crippen LogP contribution in [0.1, 0.15) is 26.3 Å². The molecule has 0 amide bonds. The number of ether oxygens (including phenoxy) is 1. The summed E-state index contributed by atoms with van der Waals surface area (Å²) >= 11 is 0. The number of benzene rings is 3. The lowest BCUT2D eigenvalue weighted by molar-refractivity contribution is 0.0727. The Bertz CT molecular complexity index is 1210. The van der Waals surface area contributed by atoms with Gasteiger partial charge in [0, 0.05) is 11.1 Å². The molecule has 0 saturated heterocycles. The molecule has 0 aromatic heterocycles. The number of hydrogen-bond donors (Lipinski definition) is 0. The van der Waals surface area contributed by atoms with E-state index in [-0.39, 0.29) is 32.2 Å². The third-order valence-corrected chi connectivity index (χ3v) is 6.06. The van der Waals surface area contributed by atoms with Gasteiger partial charge in [-0.2, -0.15) is 0 Å². The van der Waals surface area contributed by atoms with Crippen molar-refractivity contribution in [2.75, 3.05) is 0 Å². The van der Waals surface area contributed by atoms with Gasteiger partial charge < -0.3 is 4.74 Å². The molecule has 1 aliphatic heterocycles. The van der Waals surface area contributed by atoms with Crippen molar-refractivity contribution in [3.8, 4) is 5.75 Å². The molecular formula is C20H11FO5S. The number of halogens is 1. The van der Waals surface area contributed by atoms with Crippen molar-refractivity contribution in [3.63, 3.8) is 0 Å². The molecule has 0 bridgehead atoms. The molecule has 0 fully saturated rings. The fraction of sp³-hybridized carbons (Fsp3) is 0. The zero-order valence-electron chi connectivity index (χ0n) is 13.7. The number of rotatable bonds is 2. The van der Waals surface area contributed by atoms with Crippen molar-refractivity contribution in [2.24, 2.45) is 0 Å². The summed E-state index contributed by atoms with van der Waals surface area (Å²) in [6.07, 6.45) is 0. The van der Waals surface area contributed by atoms with E-state index in [9.17, 15) is 22.4 Å². The van der Waals surface area contributed by atoms with E-state index in [1.54, 1.807) is 6.07 Å². The van der Waals surface area contributed by atoms with Crippen LogP contribution in [0.5, 0.6) is 5.75 Å². The number of esters is 1. The second kappa shape index (κ2) is 6.14. The van der Waals surface area contributed by atoms with Crippen LogP contribution in [0.25, 0.3) is 0 Å². The zero-order chi connectivity index (χ0) is 19.2. The van der Waals surface area contributed by atoms with Crippen molar-refractivity contribution >= 4 is 21.6 Å². The SMILES string of the molecule is O=C(Oc1ccccc1F)c1ccc2c(c1)S(=O)(=O)c1ccccc1C2=O.